The third kappa shape index (κ3) is 4.54. The Morgan fingerprint density at radius 2 is 1.79 bits per heavy atom. The molecule has 166 valence electrons. The molecule has 0 saturated heterocycles. The van der Waals surface area contributed by atoms with Gasteiger partial charge in [-0.1, -0.05) is 12.1 Å². The number of pyridine rings is 1. The summed E-state index contributed by atoms with van der Waals surface area (Å²) in [5, 5.41) is 23.1. The van der Waals surface area contributed by atoms with Gasteiger partial charge >= 0.3 is 6.18 Å². The van der Waals surface area contributed by atoms with Crippen LogP contribution in [0.1, 0.15) is 27.2 Å². The number of hydrogen-bond acceptors (Lipinski definition) is 6. The minimum Gasteiger partial charge on any atom is -0.320 e. The number of halogens is 4. The van der Waals surface area contributed by atoms with Crippen LogP contribution in [0.5, 0.6) is 0 Å². The molecule has 0 saturated carbocycles. The number of nitriles is 1. The van der Waals surface area contributed by atoms with Crippen LogP contribution in [0.2, 0.25) is 0 Å². The molecule has 3 aromatic heterocycles. The Morgan fingerprint density at radius 1 is 1.09 bits per heavy atom. The Bertz CT molecular complexity index is 1340. The van der Waals surface area contributed by atoms with Gasteiger partial charge in [0.2, 0.25) is 0 Å². The van der Waals surface area contributed by atoms with E-state index >= 15 is 0 Å². The first kappa shape index (κ1) is 21.6. The molecule has 1 N–H and O–H groups in total. The van der Waals surface area contributed by atoms with Crippen molar-refractivity contribution < 1.29 is 22.4 Å². The lowest BCUT2D eigenvalue weighted by Gasteiger charge is -2.13. The first-order chi connectivity index (χ1) is 15.8. The molecule has 3 heterocycles. The molecule has 1 aromatic carbocycles. The monoisotopic (exact) mass is 456 g/mol. The summed E-state index contributed by atoms with van der Waals surface area (Å²) in [6, 6.07) is 7.98. The van der Waals surface area contributed by atoms with Crippen molar-refractivity contribution in [2.75, 3.05) is 5.32 Å². The molecule has 0 aliphatic rings. The summed E-state index contributed by atoms with van der Waals surface area (Å²) in [6.45, 7) is -0.325. The van der Waals surface area contributed by atoms with E-state index < -0.39 is 29.2 Å². The Morgan fingerprint density at radius 3 is 2.42 bits per heavy atom. The Balaban J connectivity index is 1.63. The van der Waals surface area contributed by atoms with Crippen molar-refractivity contribution in [1.29, 1.82) is 5.26 Å². The van der Waals surface area contributed by atoms with Gasteiger partial charge in [0, 0.05) is 0 Å². The van der Waals surface area contributed by atoms with Crippen LogP contribution in [0.3, 0.4) is 0 Å². The number of carbonyl (C=O) groups is 1. The zero-order valence-electron chi connectivity index (χ0n) is 16.5. The van der Waals surface area contributed by atoms with Gasteiger partial charge in [0.1, 0.15) is 17.4 Å². The second-order valence-corrected chi connectivity index (χ2v) is 6.67. The Labute approximate surface area is 182 Å². The number of nitrogens with one attached hydrogen (secondary N) is 1. The number of anilines is 1. The second kappa shape index (κ2) is 8.50. The molecule has 13 heteroatoms. The Hall–Kier alpha value is -4.60. The maximum Gasteiger partial charge on any atom is 0.433 e. The van der Waals surface area contributed by atoms with Crippen LogP contribution in [0, 0.1) is 17.1 Å². The van der Waals surface area contributed by atoms with E-state index in [1.54, 1.807) is 0 Å². The summed E-state index contributed by atoms with van der Waals surface area (Å²) in [7, 11) is 0. The van der Waals surface area contributed by atoms with Gasteiger partial charge in [0.15, 0.2) is 11.5 Å². The zero-order chi connectivity index (χ0) is 23.6. The first-order valence-corrected chi connectivity index (χ1v) is 9.22. The van der Waals surface area contributed by atoms with E-state index in [1.807, 2.05) is 6.07 Å². The molecule has 0 radical (unpaired) electrons. The molecule has 0 fully saturated rings. The summed E-state index contributed by atoms with van der Waals surface area (Å²) in [5.41, 5.74) is -1.64. The normalized spacial score (nSPS) is 11.2. The highest BCUT2D eigenvalue weighted by atomic mass is 19.4. The average Bonchev–Trinajstić information content (AvgIpc) is 3.45. The van der Waals surface area contributed by atoms with E-state index in [9.17, 15) is 27.6 Å². The van der Waals surface area contributed by atoms with Crippen molar-refractivity contribution in [2.24, 2.45) is 0 Å². The molecule has 4 rings (SSSR count). The molecular formula is C20H12F4N8O. The number of carbonyl (C=O) groups excluding carboxylic acids is 1. The summed E-state index contributed by atoms with van der Waals surface area (Å²) in [6.07, 6.45) is -0.188. The molecule has 0 spiro atoms. The predicted octanol–water partition coefficient (Wildman–Crippen LogP) is 3.19. The van der Waals surface area contributed by atoms with Crippen molar-refractivity contribution in [1.82, 2.24) is 29.8 Å². The fraction of sp³-hybridized carbons (Fsp3) is 0.100. The third-order valence-electron chi connectivity index (χ3n) is 4.45. The summed E-state index contributed by atoms with van der Waals surface area (Å²) < 4.78 is 55.0. The standard InChI is InChI=1S/C20H12F4N8O/c21-14-3-1-12(2-4-14)11-31-17(20(22,23)24)16(10-29-31)19(33)30-15-7-13(8-25)18(26-9-15)32-27-5-6-28-32/h1-7,9-10H,11H2,(H,30,33). The molecule has 1 amide bonds. The van der Waals surface area contributed by atoms with Gasteiger partial charge in [-0.25, -0.2) is 9.37 Å². The molecule has 0 aliphatic carbocycles. The summed E-state index contributed by atoms with van der Waals surface area (Å²) >= 11 is 0. The lowest BCUT2D eigenvalue weighted by atomic mass is 10.2. The molecule has 0 unspecified atom stereocenters. The highest BCUT2D eigenvalue weighted by molar-refractivity contribution is 6.05. The lowest BCUT2D eigenvalue weighted by Crippen LogP contribution is -2.21. The van der Waals surface area contributed by atoms with Crippen LogP contribution in [0.4, 0.5) is 23.2 Å². The number of amides is 1. The second-order valence-electron chi connectivity index (χ2n) is 6.67. The molecule has 4 aromatic rings. The fourth-order valence-electron chi connectivity index (χ4n) is 3.02. The van der Waals surface area contributed by atoms with Crippen molar-refractivity contribution in [3.63, 3.8) is 0 Å². The van der Waals surface area contributed by atoms with Crippen molar-refractivity contribution >= 4 is 11.6 Å². The Kier molecular flexibility index (Phi) is 5.57. The number of alkyl halides is 3. The number of rotatable bonds is 5. The minimum absolute atomic E-state index is 0.00736. The predicted molar refractivity (Wildman–Crippen MR) is 105 cm³/mol. The molecule has 0 atom stereocenters. The van der Waals surface area contributed by atoms with E-state index in [-0.39, 0.29) is 23.6 Å². The van der Waals surface area contributed by atoms with Crippen molar-refractivity contribution in [3.05, 3.63) is 83.3 Å². The van der Waals surface area contributed by atoms with Gasteiger partial charge < -0.3 is 5.32 Å². The maximum atomic E-state index is 13.8. The smallest absolute Gasteiger partial charge is 0.320 e. The molecule has 0 aliphatic heterocycles. The lowest BCUT2D eigenvalue weighted by molar-refractivity contribution is -0.144. The molecule has 33 heavy (non-hydrogen) atoms. The summed E-state index contributed by atoms with van der Waals surface area (Å²) in [5.74, 6) is -1.54. The molecule has 9 nitrogen and oxygen atoms in total. The zero-order valence-corrected chi connectivity index (χ0v) is 16.5. The summed E-state index contributed by atoms with van der Waals surface area (Å²) in [4.78, 5) is 17.7. The topological polar surface area (TPSA) is 114 Å². The van der Waals surface area contributed by atoms with Gasteiger partial charge in [0.05, 0.1) is 42.6 Å². The van der Waals surface area contributed by atoms with Crippen molar-refractivity contribution in [3.8, 4) is 11.9 Å². The van der Waals surface area contributed by atoms with Crippen LogP contribution in [-0.4, -0.2) is 35.7 Å². The van der Waals surface area contributed by atoms with Crippen LogP contribution in [0.25, 0.3) is 5.82 Å². The van der Waals surface area contributed by atoms with Gasteiger partial charge in [-0.3, -0.25) is 9.48 Å². The minimum atomic E-state index is -4.89. The fourth-order valence-corrected chi connectivity index (χ4v) is 3.02. The number of benzene rings is 1. The highest BCUT2D eigenvalue weighted by Crippen LogP contribution is 2.33. The van der Waals surface area contributed by atoms with Crippen LogP contribution >= 0.6 is 0 Å². The van der Waals surface area contributed by atoms with Gasteiger partial charge in [-0.05, 0) is 23.8 Å². The van der Waals surface area contributed by atoms with E-state index in [0.717, 1.165) is 29.3 Å². The van der Waals surface area contributed by atoms with E-state index in [4.69, 9.17) is 0 Å². The number of aromatic nitrogens is 6. The number of hydrogen-bond donors (Lipinski definition) is 1. The van der Waals surface area contributed by atoms with E-state index in [2.05, 4.69) is 25.6 Å². The van der Waals surface area contributed by atoms with Crippen molar-refractivity contribution in [2.45, 2.75) is 12.7 Å². The largest absolute Gasteiger partial charge is 0.433 e. The molecule has 0 bridgehead atoms. The quantitative estimate of drug-likeness (QED) is 0.462. The average molecular weight is 456 g/mol. The van der Waals surface area contributed by atoms with Crippen LogP contribution in [0.15, 0.2) is 55.1 Å². The van der Waals surface area contributed by atoms with Gasteiger partial charge in [0.25, 0.3) is 5.91 Å². The number of nitrogens with zero attached hydrogens (tertiary/aromatic N) is 7. The SMILES string of the molecule is N#Cc1cc(NC(=O)c2cnn(Cc3ccc(F)cc3)c2C(F)(F)F)cnc1-n1nccn1. The van der Waals surface area contributed by atoms with Gasteiger partial charge in [-0.15, -0.1) is 4.80 Å². The van der Waals surface area contributed by atoms with E-state index in [1.165, 1.54) is 30.6 Å². The third-order valence-corrected chi connectivity index (χ3v) is 4.45. The van der Waals surface area contributed by atoms with Crippen LogP contribution in [-0.2, 0) is 12.7 Å². The maximum absolute atomic E-state index is 13.8. The molecular weight excluding hydrogens is 444 g/mol. The highest BCUT2D eigenvalue weighted by Gasteiger charge is 2.40. The van der Waals surface area contributed by atoms with Crippen LogP contribution < -0.4 is 5.32 Å². The van der Waals surface area contributed by atoms with Gasteiger partial charge in [-0.2, -0.15) is 33.7 Å². The van der Waals surface area contributed by atoms with E-state index in [0.29, 0.717) is 10.2 Å². The first-order valence-electron chi connectivity index (χ1n) is 9.22.